The van der Waals surface area contributed by atoms with Crippen LogP contribution in [0.3, 0.4) is 0 Å². The van der Waals surface area contributed by atoms with Crippen LogP contribution >= 0.6 is 15.9 Å². The van der Waals surface area contributed by atoms with Gasteiger partial charge < -0.3 is 37.1 Å². The summed E-state index contributed by atoms with van der Waals surface area (Å²) in [5.74, 6) is -2.01. The molecule has 0 bridgehead atoms. The summed E-state index contributed by atoms with van der Waals surface area (Å²) in [5, 5.41) is 13.7. The molecule has 7 N–H and O–H groups in total. The van der Waals surface area contributed by atoms with Crippen molar-refractivity contribution in [2.45, 2.75) is 78.0 Å². The average molecular weight is 656 g/mol. The van der Waals surface area contributed by atoms with Crippen LogP contribution in [0.15, 0.2) is 24.3 Å². The summed E-state index contributed by atoms with van der Waals surface area (Å²) >= 11 is 3.08. The summed E-state index contributed by atoms with van der Waals surface area (Å²) in [5.41, 5.74) is 6.32. The van der Waals surface area contributed by atoms with E-state index >= 15 is 0 Å². The molecule has 0 radical (unpaired) electrons. The van der Waals surface area contributed by atoms with Gasteiger partial charge in [0.25, 0.3) is 0 Å². The number of nitrogens with one attached hydrogen (secondary N) is 5. The molecular weight excluding hydrogens is 612 g/mol. The summed E-state index contributed by atoms with van der Waals surface area (Å²) in [4.78, 5) is 72.2. The average Bonchev–Trinajstić information content (AvgIpc) is 2.94. The van der Waals surface area contributed by atoms with Gasteiger partial charge in [-0.2, -0.15) is 0 Å². The van der Waals surface area contributed by atoms with Gasteiger partial charge in [-0.15, -0.1) is 0 Å². The molecule has 0 aliphatic heterocycles. The minimum Gasteiger partial charge on any atom is -0.461 e. The number of amides is 6. The minimum atomic E-state index is -0.958. The molecule has 0 spiro atoms. The summed E-state index contributed by atoms with van der Waals surface area (Å²) in [7, 11) is 0. The molecule has 0 aliphatic carbocycles. The van der Waals surface area contributed by atoms with Crippen LogP contribution < -0.4 is 32.3 Å². The molecule has 1 aromatic carbocycles. The van der Waals surface area contributed by atoms with Gasteiger partial charge in [0.2, 0.25) is 23.6 Å². The van der Waals surface area contributed by atoms with Crippen molar-refractivity contribution in [1.29, 1.82) is 0 Å². The van der Waals surface area contributed by atoms with Crippen molar-refractivity contribution in [2.75, 3.05) is 23.7 Å². The van der Waals surface area contributed by atoms with Crippen molar-refractivity contribution in [3.8, 4) is 0 Å². The molecule has 1 unspecified atom stereocenters. The number of nitrogens with two attached hydrogens (primary N) is 1. The largest absolute Gasteiger partial charge is 0.461 e. The maximum Gasteiger partial charge on any atom is 0.312 e. The minimum absolute atomic E-state index is 0.0937. The Kier molecular flexibility index (Phi) is 17.5. The second-order valence-corrected chi connectivity index (χ2v) is 10.6. The first-order valence-corrected chi connectivity index (χ1v) is 15.0. The van der Waals surface area contributed by atoms with Gasteiger partial charge in [0.1, 0.15) is 18.7 Å². The number of rotatable bonds is 19. The lowest BCUT2D eigenvalue weighted by molar-refractivity contribution is -0.142. The number of esters is 1. The Bertz CT molecular complexity index is 1050. The summed E-state index contributed by atoms with van der Waals surface area (Å²) in [6, 6.07) is 4.18. The number of ether oxygens (including phenoxy) is 1. The molecule has 0 aromatic heterocycles. The number of halogens is 1. The highest BCUT2D eigenvalue weighted by Crippen LogP contribution is 2.13. The van der Waals surface area contributed by atoms with Crippen molar-refractivity contribution < 1.29 is 33.5 Å². The molecule has 234 valence electrons. The third-order valence-electron chi connectivity index (χ3n) is 6.06. The topological polar surface area (TPSA) is 198 Å². The Morgan fingerprint density at radius 3 is 2.12 bits per heavy atom. The smallest absolute Gasteiger partial charge is 0.312 e. The number of carbonyl (C=O) groups excluding carboxylic acids is 6. The van der Waals surface area contributed by atoms with Crippen LogP contribution in [0.4, 0.5) is 10.5 Å². The fourth-order valence-corrected chi connectivity index (χ4v) is 3.99. The first-order chi connectivity index (χ1) is 19.9. The highest BCUT2D eigenvalue weighted by atomic mass is 79.9. The van der Waals surface area contributed by atoms with Gasteiger partial charge >= 0.3 is 12.0 Å². The van der Waals surface area contributed by atoms with Gasteiger partial charge in [0.15, 0.2) is 0 Å². The van der Waals surface area contributed by atoms with Gasteiger partial charge in [0, 0.05) is 32.1 Å². The zero-order valence-electron chi connectivity index (χ0n) is 24.4. The number of benzene rings is 1. The molecule has 0 saturated heterocycles. The summed E-state index contributed by atoms with van der Waals surface area (Å²) in [6.07, 6.45) is 2.85. The molecule has 14 heteroatoms. The van der Waals surface area contributed by atoms with Crippen LogP contribution in [0.1, 0.15) is 64.9 Å². The number of hydrogen-bond acceptors (Lipinski definition) is 7. The summed E-state index contributed by atoms with van der Waals surface area (Å²) in [6.45, 7) is 5.74. The Hall–Kier alpha value is -3.68. The van der Waals surface area contributed by atoms with Gasteiger partial charge in [-0.3, -0.25) is 24.0 Å². The van der Waals surface area contributed by atoms with E-state index in [1.807, 2.05) is 0 Å². The van der Waals surface area contributed by atoms with Crippen LogP contribution in [0.5, 0.6) is 0 Å². The van der Waals surface area contributed by atoms with Crippen LogP contribution in [0.2, 0.25) is 0 Å². The third kappa shape index (κ3) is 15.9. The second kappa shape index (κ2) is 20.2. The molecule has 6 amide bonds. The third-order valence-corrected chi connectivity index (χ3v) is 6.56. The number of primary amides is 1. The van der Waals surface area contributed by atoms with Crippen molar-refractivity contribution in [1.82, 2.24) is 21.3 Å². The zero-order valence-corrected chi connectivity index (χ0v) is 26.0. The normalized spacial score (nSPS) is 12.0. The molecule has 42 heavy (non-hydrogen) atoms. The lowest BCUT2D eigenvalue weighted by atomic mass is 10.0. The highest BCUT2D eigenvalue weighted by molar-refractivity contribution is 9.09. The lowest BCUT2D eigenvalue weighted by Crippen LogP contribution is -2.54. The van der Waals surface area contributed by atoms with E-state index in [1.54, 1.807) is 38.1 Å². The van der Waals surface area contributed by atoms with E-state index in [1.165, 1.54) is 6.92 Å². The Labute approximate surface area is 254 Å². The lowest BCUT2D eigenvalue weighted by Gasteiger charge is -2.25. The predicted octanol–water partition coefficient (Wildman–Crippen LogP) is 1.83. The van der Waals surface area contributed by atoms with Gasteiger partial charge in [0.05, 0.1) is 5.33 Å². The summed E-state index contributed by atoms with van der Waals surface area (Å²) < 4.78 is 4.96. The first kappa shape index (κ1) is 36.3. The Balaban J connectivity index is 2.77. The SMILES string of the molecule is CC(=O)OCc1ccc(NC(=O)[C@H](CCCNC(N)=O)NC(=O)C(NC(=O)CCCCCNC(=O)CBr)C(C)C)cc1. The molecule has 13 nitrogen and oxygen atoms in total. The Morgan fingerprint density at radius 1 is 0.857 bits per heavy atom. The van der Waals surface area contributed by atoms with E-state index in [-0.39, 0.29) is 49.1 Å². The fourth-order valence-electron chi connectivity index (χ4n) is 3.79. The van der Waals surface area contributed by atoms with Gasteiger partial charge in [-0.25, -0.2) is 4.79 Å². The molecule has 1 rings (SSSR count). The van der Waals surface area contributed by atoms with Crippen molar-refractivity contribution in [3.63, 3.8) is 0 Å². The predicted molar refractivity (Wildman–Crippen MR) is 161 cm³/mol. The maximum absolute atomic E-state index is 13.2. The van der Waals surface area contributed by atoms with Crippen LogP contribution in [0.25, 0.3) is 0 Å². The van der Waals surface area contributed by atoms with Crippen LogP contribution in [-0.2, 0) is 35.3 Å². The molecule has 1 aromatic rings. The molecule has 2 atom stereocenters. The highest BCUT2D eigenvalue weighted by Gasteiger charge is 2.28. The molecule has 0 heterocycles. The number of alkyl halides is 1. The van der Waals surface area contributed by atoms with E-state index in [0.29, 0.717) is 25.1 Å². The standard InChI is InChI=1S/C28H43BrN6O7/c1-18(2)25(35-23(37)9-5-4-6-14-31-24(38)16-29)27(40)34-22(8-7-15-32-28(30)41)26(39)33-21-12-10-20(11-13-21)17-42-19(3)36/h10-13,18,22,25H,4-9,14-17H2,1-3H3,(H,31,38)(H,33,39)(H,34,40)(H,35,37)(H3,30,32,41)/t22-,25?/m0/s1. The number of unbranched alkanes of at least 4 members (excludes halogenated alkanes) is 2. The van der Waals surface area contributed by atoms with Crippen molar-refractivity contribution >= 4 is 57.2 Å². The number of anilines is 1. The van der Waals surface area contributed by atoms with Crippen LogP contribution in [-0.4, -0.2) is 66.1 Å². The van der Waals surface area contributed by atoms with Crippen molar-refractivity contribution in [3.05, 3.63) is 29.8 Å². The zero-order chi connectivity index (χ0) is 31.5. The van der Waals surface area contributed by atoms with E-state index in [9.17, 15) is 28.8 Å². The van der Waals surface area contributed by atoms with Gasteiger partial charge in [-0.1, -0.05) is 48.3 Å². The molecular formula is C28H43BrN6O7. The fraction of sp³-hybridized carbons (Fsp3) is 0.571. The first-order valence-electron chi connectivity index (χ1n) is 13.9. The molecule has 0 saturated carbocycles. The number of hydrogen-bond donors (Lipinski definition) is 6. The monoisotopic (exact) mass is 654 g/mol. The maximum atomic E-state index is 13.2. The molecule has 0 aliphatic rings. The van der Waals surface area contributed by atoms with E-state index < -0.39 is 35.9 Å². The van der Waals surface area contributed by atoms with Crippen LogP contribution in [0, 0.1) is 5.92 Å². The van der Waals surface area contributed by atoms with E-state index in [4.69, 9.17) is 10.5 Å². The number of carbonyl (C=O) groups is 6. The quantitative estimate of drug-likeness (QED) is 0.0742. The van der Waals surface area contributed by atoms with E-state index in [0.717, 1.165) is 18.4 Å². The van der Waals surface area contributed by atoms with Gasteiger partial charge in [-0.05, 0) is 49.3 Å². The van der Waals surface area contributed by atoms with E-state index in [2.05, 4.69) is 42.5 Å². The Morgan fingerprint density at radius 2 is 1.52 bits per heavy atom. The molecule has 0 fully saturated rings. The van der Waals surface area contributed by atoms with Crippen molar-refractivity contribution in [2.24, 2.45) is 11.7 Å². The number of urea groups is 1. The second-order valence-electron chi connectivity index (χ2n) is 10.0.